The normalized spacial score (nSPS) is 16.8. The number of pyridine rings is 1. The molecule has 1 aliphatic carbocycles. The van der Waals surface area contributed by atoms with Gasteiger partial charge in [0.25, 0.3) is 5.56 Å². The van der Waals surface area contributed by atoms with E-state index >= 15 is 0 Å². The third-order valence-electron chi connectivity index (χ3n) is 5.92. The molecule has 0 bridgehead atoms. The van der Waals surface area contributed by atoms with E-state index in [1.807, 2.05) is 18.3 Å². The first-order chi connectivity index (χ1) is 14.3. The van der Waals surface area contributed by atoms with Gasteiger partial charge in [-0.05, 0) is 37.0 Å². The number of aromatic amines is 1. The molecule has 0 atom stereocenters. The Balaban J connectivity index is 1.23. The zero-order valence-corrected chi connectivity index (χ0v) is 16.5. The molecule has 3 aromatic rings. The van der Waals surface area contributed by atoms with Gasteiger partial charge in [0.1, 0.15) is 11.6 Å². The Morgan fingerprint density at radius 1 is 0.966 bits per heavy atom. The van der Waals surface area contributed by atoms with E-state index in [-0.39, 0.29) is 5.56 Å². The first-order valence-electron chi connectivity index (χ1n) is 10.4. The van der Waals surface area contributed by atoms with Gasteiger partial charge in [-0.2, -0.15) is 0 Å². The van der Waals surface area contributed by atoms with Crippen LogP contribution in [-0.2, 0) is 19.4 Å². The Hall–Kier alpha value is -2.99. The molecule has 148 valence electrons. The summed E-state index contributed by atoms with van der Waals surface area (Å²) in [5, 5.41) is 0. The number of rotatable bonds is 4. The van der Waals surface area contributed by atoms with E-state index in [1.54, 1.807) is 0 Å². The lowest BCUT2D eigenvalue weighted by atomic mass is 10.1. The molecule has 3 heterocycles. The second kappa shape index (κ2) is 7.79. The van der Waals surface area contributed by atoms with Crippen LogP contribution in [0.3, 0.4) is 0 Å². The van der Waals surface area contributed by atoms with Gasteiger partial charge in [-0.1, -0.05) is 30.3 Å². The third kappa shape index (κ3) is 3.80. The van der Waals surface area contributed by atoms with Crippen molar-refractivity contribution in [2.75, 3.05) is 31.1 Å². The predicted octanol–water partition coefficient (Wildman–Crippen LogP) is 2.64. The van der Waals surface area contributed by atoms with E-state index in [9.17, 15) is 4.79 Å². The molecule has 0 saturated carbocycles. The molecular formula is C23H25N5O. The minimum Gasteiger partial charge on any atom is -0.354 e. The van der Waals surface area contributed by atoms with Gasteiger partial charge in [0.15, 0.2) is 0 Å². The molecule has 1 N–H and O–H groups in total. The number of benzene rings is 1. The molecule has 1 fully saturated rings. The van der Waals surface area contributed by atoms with Crippen molar-refractivity contribution in [3.63, 3.8) is 0 Å². The fourth-order valence-electron chi connectivity index (χ4n) is 4.28. The molecule has 6 heteroatoms. The van der Waals surface area contributed by atoms with Crippen LogP contribution in [0.2, 0.25) is 0 Å². The molecule has 2 aromatic heterocycles. The van der Waals surface area contributed by atoms with Crippen molar-refractivity contribution >= 4 is 5.82 Å². The predicted molar refractivity (Wildman–Crippen MR) is 114 cm³/mol. The second-order valence-electron chi connectivity index (χ2n) is 7.84. The number of fused-ring (bicyclic) bond motifs is 1. The molecule has 1 aliphatic heterocycles. The van der Waals surface area contributed by atoms with E-state index in [0.717, 1.165) is 74.6 Å². The lowest BCUT2D eigenvalue weighted by Gasteiger charge is -2.35. The van der Waals surface area contributed by atoms with Crippen LogP contribution in [0.4, 0.5) is 5.82 Å². The molecule has 29 heavy (non-hydrogen) atoms. The summed E-state index contributed by atoms with van der Waals surface area (Å²) in [6.45, 7) is 4.98. The highest BCUT2D eigenvalue weighted by atomic mass is 16.1. The number of nitrogens with one attached hydrogen (secondary N) is 1. The van der Waals surface area contributed by atoms with Gasteiger partial charge in [0.05, 0.1) is 5.69 Å². The second-order valence-corrected chi connectivity index (χ2v) is 7.84. The fourth-order valence-corrected chi connectivity index (χ4v) is 4.28. The summed E-state index contributed by atoms with van der Waals surface area (Å²) in [6.07, 6.45) is 4.65. The zero-order chi connectivity index (χ0) is 19.6. The number of aromatic nitrogens is 3. The molecule has 1 saturated heterocycles. The maximum atomic E-state index is 12.3. The van der Waals surface area contributed by atoms with Gasteiger partial charge < -0.3 is 9.88 Å². The molecule has 6 nitrogen and oxygen atoms in total. The Bertz CT molecular complexity index is 1040. The van der Waals surface area contributed by atoms with Crippen LogP contribution >= 0.6 is 0 Å². The Labute approximate surface area is 170 Å². The Kier molecular flexibility index (Phi) is 4.86. The largest absolute Gasteiger partial charge is 0.354 e. The van der Waals surface area contributed by atoms with Crippen LogP contribution in [0.15, 0.2) is 53.5 Å². The quantitative estimate of drug-likeness (QED) is 0.746. The number of piperazine rings is 1. The Morgan fingerprint density at radius 2 is 1.79 bits per heavy atom. The summed E-state index contributed by atoms with van der Waals surface area (Å²) >= 11 is 0. The van der Waals surface area contributed by atoms with Crippen molar-refractivity contribution < 1.29 is 0 Å². The van der Waals surface area contributed by atoms with E-state index in [4.69, 9.17) is 0 Å². The number of hydrogen-bond acceptors (Lipinski definition) is 5. The lowest BCUT2D eigenvalue weighted by molar-refractivity contribution is 0.249. The van der Waals surface area contributed by atoms with E-state index in [0.29, 0.717) is 5.82 Å². The van der Waals surface area contributed by atoms with Gasteiger partial charge >= 0.3 is 0 Å². The van der Waals surface area contributed by atoms with Crippen LogP contribution in [0.1, 0.15) is 23.2 Å². The Morgan fingerprint density at radius 3 is 2.55 bits per heavy atom. The summed E-state index contributed by atoms with van der Waals surface area (Å²) in [4.78, 5) is 29.2. The highest BCUT2D eigenvalue weighted by Gasteiger charge is 2.19. The molecule has 0 radical (unpaired) electrons. The van der Waals surface area contributed by atoms with Crippen LogP contribution in [0.25, 0.3) is 11.4 Å². The lowest BCUT2D eigenvalue weighted by Crippen LogP contribution is -2.46. The van der Waals surface area contributed by atoms with E-state index < -0.39 is 0 Å². The maximum absolute atomic E-state index is 12.3. The maximum Gasteiger partial charge on any atom is 0.254 e. The van der Waals surface area contributed by atoms with Gasteiger partial charge in [0.2, 0.25) is 0 Å². The fraction of sp³-hybridized carbons (Fsp3) is 0.348. The summed E-state index contributed by atoms with van der Waals surface area (Å²) in [5.41, 5.74) is 4.12. The summed E-state index contributed by atoms with van der Waals surface area (Å²) in [5.74, 6) is 1.75. The number of hydrogen-bond donors (Lipinski definition) is 1. The summed E-state index contributed by atoms with van der Waals surface area (Å²) in [7, 11) is 0. The SMILES string of the molecule is O=c1[nH]c(-c2ccc(CN3CCN(c4ccccn4)CC3)cc2)nc2c1CCC2. The highest BCUT2D eigenvalue weighted by Crippen LogP contribution is 2.21. The van der Waals surface area contributed by atoms with Crippen LogP contribution < -0.4 is 10.5 Å². The molecule has 0 amide bonds. The molecule has 2 aliphatic rings. The standard InChI is InChI=1S/C23H25N5O/c29-23-19-4-3-5-20(19)25-22(26-23)18-9-7-17(8-10-18)16-27-12-14-28(15-13-27)21-6-1-2-11-24-21/h1-2,6-11H,3-5,12-16H2,(H,25,26,29). The third-order valence-corrected chi connectivity index (χ3v) is 5.92. The number of H-pyrrole nitrogens is 1. The van der Waals surface area contributed by atoms with Crippen molar-refractivity contribution in [1.82, 2.24) is 19.9 Å². The molecule has 0 spiro atoms. The number of anilines is 1. The van der Waals surface area contributed by atoms with Crippen molar-refractivity contribution in [3.05, 3.63) is 75.8 Å². The smallest absolute Gasteiger partial charge is 0.254 e. The van der Waals surface area contributed by atoms with E-state index in [1.165, 1.54) is 5.56 Å². The minimum absolute atomic E-state index is 0.0253. The highest BCUT2D eigenvalue weighted by molar-refractivity contribution is 5.56. The van der Waals surface area contributed by atoms with Crippen LogP contribution in [0, 0.1) is 0 Å². The average Bonchev–Trinajstić information content (AvgIpc) is 3.25. The minimum atomic E-state index is 0.0253. The van der Waals surface area contributed by atoms with Gasteiger partial charge in [-0.25, -0.2) is 9.97 Å². The number of aryl methyl sites for hydroxylation is 1. The first-order valence-corrected chi connectivity index (χ1v) is 10.4. The van der Waals surface area contributed by atoms with Crippen LogP contribution in [-0.4, -0.2) is 46.0 Å². The van der Waals surface area contributed by atoms with Gasteiger partial charge in [0, 0.05) is 50.0 Å². The molecular weight excluding hydrogens is 362 g/mol. The zero-order valence-electron chi connectivity index (χ0n) is 16.5. The summed E-state index contributed by atoms with van der Waals surface area (Å²) in [6, 6.07) is 14.5. The van der Waals surface area contributed by atoms with Crippen molar-refractivity contribution in [1.29, 1.82) is 0 Å². The average molecular weight is 387 g/mol. The van der Waals surface area contributed by atoms with Crippen molar-refractivity contribution in [2.45, 2.75) is 25.8 Å². The van der Waals surface area contributed by atoms with Crippen molar-refractivity contribution in [2.24, 2.45) is 0 Å². The topological polar surface area (TPSA) is 65.1 Å². The molecule has 5 rings (SSSR count). The van der Waals surface area contributed by atoms with E-state index in [2.05, 4.69) is 55.1 Å². The van der Waals surface area contributed by atoms with Crippen molar-refractivity contribution in [3.8, 4) is 11.4 Å². The first kappa shape index (κ1) is 18.1. The number of nitrogens with zero attached hydrogens (tertiary/aromatic N) is 4. The monoisotopic (exact) mass is 387 g/mol. The molecule has 0 unspecified atom stereocenters. The van der Waals surface area contributed by atoms with Crippen LogP contribution in [0.5, 0.6) is 0 Å². The van der Waals surface area contributed by atoms with Gasteiger partial charge in [-0.3, -0.25) is 9.69 Å². The van der Waals surface area contributed by atoms with Gasteiger partial charge in [-0.15, -0.1) is 0 Å². The molecule has 1 aromatic carbocycles. The summed E-state index contributed by atoms with van der Waals surface area (Å²) < 4.78 is 0.